The summed E-state index contributed by atoms with van der Waals surface area (Å²) in [6.45, 7) is 1.92. The fourth-order valence-corrected chi connectivity index (χ4v) is 1.57. The van der Waals surface area contributed by atoms with Gasteiger partial charge in [0.15, 0.2) is 11.6 Å². The summed E-state index contributed by atoms with van der Waals surface area (Å²) in [6.07, 6.45) is 4.89. The second kappa shape index (κ2) is 4.57. The molecule has 0 spiro atoms. The van der Waals surface area contributed by atoms with Crippen LogP contribution in [-0.2, 0) is 0 Å². The van der Waals surface area contributed by atoms with E-state index in [-0.39, 0.29) is 5.82 Å². The maximum atomic E-state index is 13.5. The lowest BCUT2D eigenvalue weighted by atomic mass is 10.3. The minimum Gasteiger partial charge on any atom is -0.337 e. The van der Waals surface area contributed by atoms with Gasteiger partial charge in [0.25, 0.3) is 0 Å². The average Bonchev–Trinajstić information content (AvgIpc) is 2.22. The molecule has 16 heavy (non-hydrogen) atoms. The van der Waals surface area contributed by atoms with Crippen LogP contribution < -0.4 is 5.32 Å². The largest absolute Gasteiger partial charge is 0.337 e. The van der Waals surface area contributed by atoms with Crippen LogP contribution in [0.25, 0.3) is 0 Å². The number of hydrogen-bond donors (Lipinski definition) is 1. The molecule has 0 atom stereocenters. The Hall–Kier alpha value is -1.49. The fraction of sp³-hybridized carbons (Fsp3) is 0.0909. The Kier molecular flexibility index (Phi) is 3.14. The predicted molar refractivity (Wildman–Crippen MR) is 64.2 cm³/mol. The molecular weight excluding hydrogens is 273 g/mol. The van der Waals surface area contributed by atoms with Crippen molar-refractivity contribution in [2.75, 3.05) is 5.32 Å². The minimum atomic E-state index is -0.407. The van der Waals surface area contributed by atoms with Gasteiger partial charge in [-0.3, -0.25) is 4.98 Å². The molecule has 0 bridgehead atoms. The molecule has 0 amide bonds. The Labute approximate surface area is 101 Å². The molecule has 1 N–H and O–H groups in total. The topological polar surface area (TPSA) is 37.8 Å². The van der Waals surface area contributed by atoms with Crippen molar-refractivity contribution in [3.63, 3.8) is 0 Å². The summed E-state index contributed by atoms with van der Waals surface area (Å²) in [7, 11) is 0. The first kappa shape index (κ1) is 11.0. The normalized spacial score (nSPS) is 10.2. The monoisotopic (exact) mass is 281 g/mol. The maximum Gasteiger partial charge on any atom is 0.166 e. The van der Waals surface area contributed by atoms with Gasteiger partial charge in [-0.05, 0) is 40.5 Å². The quantitative estimate of drug-likeness (QED) is 0.917. The van der Waals surface area contributed by atoms with Crippen molar-refractivity contribution in [3.05, 3.63) is 46.6 Å². The highest BCUT2D eigenvalue weighted by Gasteiger charge is 2.04. The molecule has 2 aromatic rings. The van der Waals surface area contributed by atoms with E-state index in [4.69, 9.17) is 0 Å². The lowest BCUT2D eigenvalue weighted by Gasteiger charge is -2.06. The summed E-state index contributed by atoms with van der Waals surface area (Å²) < 4.78 is 14.1. The van der Waals surface area contributed by atoms with Gasteiger partial charge < -0.3 is 5.32 Å². The molecule has 3 nitrogen and oxygen atoms in total. The van der Waals surface area contributed by atoms with E-state index in [2.05, 4.69) is 31.2 Å². The molecule has 0 radical (unpaired) electrons. The Morgan fingerprint density at radius 2 is 2.06 bits per heavy atom. The Balaban J connectivity index is 2.27. The SMILES string of the molecule is Cc1cncc(Nc2ncc(Br)cc2F)c1. The number of hydrogen-bond acceptors (Lipinski definition) is 3. The van der Waals surface area contributed by atoms with E-state index in [1.54, 1.807) is 12.4 Å². The first-order valence-corrected chi connectivity index (χ1v) is 5.44. The lowest BCUT2D eigenvalue weighted by Crippen LogP contribution is -1.97. The summed E-state index contributed by atoms with van der Waals surface area (Å²) in [6, 6.07) is 3.23. The van der Waals surface area contributed by atoms with Crippen LogP contribution >= 0.6 is 15.9 Å². The van der Waals surface area contributed by atoms with Crippen molar-refractivity contribution in [2.45, 2.75) is 6.92 Å². The molecule has 0 aromatic carbocycles. The highest BCUT2D eigenvalue weighted by atomic mass is 79.9. The third kappa shape index (κ3) is 2.55. The van der Waals surface area contributed by atoms with Gasteiger partial charge >= 0.3 is 0 Å². The molecule has 2 rings (SSSR count). The Morgan fingerprint density at radius 1 is 1.25 bits per heavy atom. The highest BCUT2D eigenvalue weighted by molar-refractivity contribution is 9.10. The summed E-state index contributed by atoms with van der Waals surface area (Å²) in [5, 5.41) is 2.87. The van der Waals surface area contributed by atoms with Crippen LogP contribution in [-0.4, -0.2) is 9.97 Å². The number of aryl methyl sites for hydroxylation is 1. The van der Waals surface area contributed by atoms with Gasteiger partial charge in [-0.1, -0.05) is 0 Å². The van der Waals surface area contributed by atoms with Crippen LogP contribution in [0.2, 0.25) is 0 Å². The summed E-state index contributed by atoms with van der Waals surface area (Å²) in [4.78, 5) is 7.95. The molecule has 0 unspecified atom stereocenters. The number of nitrogens with zero attached hydrogens (tertiary/aromatic N) is 2. The number of nitrogens with one attached hydrogen (secondary N) is 1. The average molecular weight is 282 g/mol. The van der Waals surface area contributed by atoms with E-state index in [1.165, 1.54) is 12.3 Å². The molecule has 0 saturated heterocycles. The molecule has 82 valence electrons. The van der Waals surface area contributed by atoms with Crippen molar-refractivity contribution < 1.29 is 4.39 Å². The molecule has 2 heterocycles. The minimum absolute atomic E-state index is 0.190. The molecule has 0 fully saturated rings. The zero-order valence-electron chi connectivity index (χ0n) is 8.54. The molecule has 0 saturated carbocycles. The molecular formula is C11H9BrFN3. The van der Waals surface area contributed by atoms with Crippen LogP contribution in [0.15, 0.2) is 35.2 Å². The third-order valence-electron chi connectivity index (χ3n) is 1.95. The van der Waals surface area contributed by atoms with Gasteiger partial charge in [-0.25, -0.2) is 9.37 Å². The first-order valence-electron chi connectivity index (χ1n) is 4.65. The van der Waals surface area contributed by atoms with Crippen molar-refractivity contribution >= 4 is 27.4 Å². The molecule has 2 aromatic heterocycles. The zero-order valence-corrected chi connectivity index (χ0v) is 10.1. The summed E-state index contributed by atoms with van der Waals surface area (Å²) >= 11 is 3.15. The van der Waals surface area contributed by atoms with Gasteiger partial charge in [-0.15, -0.1) is 0 Å². The van der Waals surface area contributed by atoms with Crippen molar-refractivity contribution in [3.8, 4) is 0 Å². The zero-order chi connectivity index (χ0) is 11.5. The van der Waals surface area contributed by atoms with Crippen LogP contribution in [0.1, 0.15) is 5.56 Å². The van der Waals surface area contributed by atoms with Gasteiger partial charge in [0.1, 0.15) is 0 Å². The first-order chi connectivity index (χ1) is 7.65. The fourth-order valence-electron chi connectivity index (χ4n) is 1.27. The van der Waals surface area contributed by atoms with Gasteiger partial charge in [-0.2, -0.15) is 0 Å². The number of halogens is 2. The van der Waals surface area contributed by atoms with Crippen LogP contribution in [0.3, 0.4) is 0 Å². The number of aromatic nitrogens is 2. The van der Waals surface area contributed by atoms with E-state index in [9.17, 15) is 4.39 Å². The van der Waals surface area contributed by atoms with Crippen LogP contribution in [0, 0.1) is 12.7 Å². The van der Waals surface area contributed by atoms with E-state index in [1.807, 2.05) is 13.0 Å². The predicted octanol–water partition coefficient (Wildman–Crippen LogP) is 3.43. The maximum absolute atomic E-state index is 13.5. The second-order valence-corrected chi connectivity index (χ2v) is 4.28. The Bertz CT molecular complexity index is 516. The van der Waals surface area contributed by atoms with Crippen LogP contribution in [0.5, 0.6) is 0 Å². The number of pyridine rings is 2. The van der Waals surface area contributed by atoms with E-state index < -0.39 is 5.82 Å². The van der Waals surface area contributed by atoms with Crippen molar-refractivity contribution in [2.24, 2.45) is 0 Å². The third-order valence-corrected chi connectivity index (χ3v) is 2.38. The van der Waals surface area contributed by atoms with Crippen LogP contribution in [0.4, 0.5) is 15.9 Å². The van der Waals surface area contributed by atoms with Gasteiger partial charge in [0.05, 0.1) is 11.9 Å². The van der Waals surface area contributed by atoms with E-state index >= 15 is 0 Å². The summed E-state index contributed by atoms with van der Waals surface area (Å²) in [5.74, 6) is -0.216. The summed E-state index contributed by atoms with van der Waals surface area (Å²) in [5.41, 5.74) is 1.72. The van der Waals surface area contributed by atoms with E-state index in [0.717, 1.165) is 5.56 Å². The number of rotatable bonds is 2. The Morgan fingerprint density at radius 3 is 2.75 bits per heavy atom. The van der Waals surface area contributed by atoms with Crippen molar-refractivity contribution in [1.82, 2.24) is 9.97 Å². The molecule has 0 aliphatic heterocycles. The highest BCUT2D eigenvalue weighted by Crippen LogP contribution is 2.20. The van der Waals surface area contributed by atoms with Crippen molar-refractivity contribution in [1.29, 1.82) is 0 Å². The second-order valence-electron chi connectivity index (χ2n) is 3.36. The smallest absolute Gasteiger partial charge is 0.166 e. The molecule has 0 aliphatic rings. The van der Waals surface area contributed by atoms with E-state index in [0.29, 0.717) is 10.2 Å². The molecule has 0 aliphatic carbocycles. The lowest BCUT2D eigenvalue weighted by molar-refractivity contribution is 0.625. The molecule has 5 heteroatoms. The standard InChI is InChI=1S/C11H9BrFN3/c1-7-2-9(6-14-4-7)16-11-10(13)3-8(12)5-15-11/h2-6H,1H3,(H,15,16). The number of anilines is 2. The van der Waals surface area contributed by atoms with Gasteiger partial charge in [0.2, 0.25) is 0 Å². The van der Waals surface area contributed by atoms with Gasteiger partial charge in [0, 0.05) is 16.9 Å².